The minimum atomic E-state index is -4.47. The summed E-state index contributed by atoms with van der Waals surface area (Å²) in [5, 5.41) is 3.98. The third-order valence-corrected chi connectivity index (χ3v) is 2.01. The Balaban J connectivity index is 2.39. The minimum Gasteiger partial charge on any atom is -0.235 e. The Morgan fingerprint density at radius 1 is 1.29 bits per heavy atom. The van der Waals surface area contributed by atoms with E-state index in [2.05, 4.69) is 15.3 Å². The quantitative estimate of drug-likeness (QED) is 0.633. The maximum Gasteiger partial charge on any atom is 0.451 e. The normalized spacial score (nSPS) is 16.5. The van der Waals surface area contributed by atoms with Crippen molar-refractivity contribution in [2.24, 2.45) is 0 Å². The van der Waals surface area contributed by atoms with Crippen LogP contribution in [0.4, 0.5) is 13.2 Å². The second-order valence-corrected chi connectivity index (χ2v) is 3.02. The van der Waals surface area contributed by atoms with Gasteiger partial charge in [0, 0.05) is 12.7 Å². The van der Waals surface area contributed by atoms with Crippen LogP contribution in [0.1, 0.15) is 17.1 Å². The summed E-state index contributed by atoms with van der Waals surface area (Å²) in [5.41, 5.74) is 1.17. The second-order valence-electron chi connectivity index (χ2n) is 3.02. The molecular weight excluding hydrogens is 195 g/mol. The van der Waals surface area contributed by atoms with Gasteiger partial charge in [-0.05, 0) is 12.0 Å². The topological polar surface area (TPSA) is 39.9 Å². The zero-order valence-electron chi connectivity index (χ0n) is 7.17. The van der Waals surface area contributed by atoms with Gasteiger partial charge < -0.3 is 0 Å². The van der Waals surface area contributed by atoms with Gasteiger partial charge in [-0.25, -0.2) is 15.3 Å². The fourth-order valence-corrected chi connectivity index (χ4v) is 1.31. The van der Waals surface area contributed by atoms with Crippen molar-refractivity contribution >= 4 is 0 Å². The van der Waals surface area contributed by atoms with E-state index in [0.29, 0.717) is 18.7 Å². The third kappa shape index (κ3) is 1.70. The van der Waals surface area contributed by atoms with Crippen LogP contribution in [0.3, 0.4) is 0 Å². The molecule has 1 radical (unpaired) electrons. The summed E-state index contributed by atoms with van der Waals surface area (Å²) in [4.78, 5) is 6.74. The summed E-state index contributed by atoms with van der Waals surface area (Å²) >= 11 is 0. The van der Waals surface area contributed by atoms with Gasteiger partial charge in [0.15, 0.2) is 0 Å². The molecule has 1 aromatic heterocycles. The molecule has 0 aliphatic carbocycles. The molecule has 0 amide bonds. The van der Waals surface area contributed by atoms with Crippen LogP contribution in [0.15, 0.2) is 6.20 Å². The number of nitrogens with zero attached hydrogens (tertiary/aromatic N) is 3. The Morgan fingerprint density at radius 2 is 2.07 bits per heavy atom. The molecule has 2 heterocycles. The van der Waals surface area contributed by atoms with Gasteiger partial charge in [0.05, 0.1) is 12.2 Å². The van der Waals surface area contributed by atoms with Crippen LogP contribution >= 0.6 is 0 Å². The molecule has 0 saturated heterocycles. The lowest BCUT2D eigenvalue weighted by atomic mass is 10.1. The van der Waals surface area contributed by atoms with E-state index < -0.39 is 12.0 Å². The van der Waals surface area contributed by atoms with Gasteiger partial charge in [0.25, 0.3) is 0 Å². The SMILES string of the molecule is FC(F)(F)c1ncc2c(n1)C[N]CC2. The molecule has 0 atom stereocenters. The van der Waals surface area contributed by atoms with E-state index in [9.17, 15) is 13.2 Å². The first-order valence-corrected chi connectivity index (χ1v) is 4.12. The molecule has 0 fully saturated rings. The van der Waals surface area contributed by atoms with Crippen molar-refractivity contribution in [1.29, 1.82) is 0 Å². The van der Waals surface area contributed by atoms with Crippen molar-refractivity contribution in [3.05, 3.63) is 23.3 Å². The molecule has 0 aromatic carbocycles. The Bertz CT molecular complexity index is 348. The number of hydrogen-bond donors (Lipinski definition) is 0. The van der Waals surface area contributed by atoms with Gasteiger partial charge in [0.2, 0.25) is 5.82 Å². The largest absolute Gasteiger partial charge is 0.451 e. The van der Waals surface area contributed by atoms with E-state index >= 15 is 0 Å². The predicted octanol–water partition coefficient (Wildman–Crippen LogP) is 1.16. The predicted molar refractivity (Wildman–Crippen MR) is 41.4 cm³/mol. The number of rotatable bonds is 0. The third-order valence-electron chi connectivity index (χ3n) is 2.01. The molecule has 75 valence electrons. The van der Waals surface area contributed by atoms with Gasteiger partial charge in [-0.1, -0.05) is 0 Å². The Morgan fingerprint density at radius 3 is 2.79 bits per heavy atom. The fourth-order valence-electron chi connectivity index (χ4n) is 1.31. The molecule has 0 unspecified atom stereocenters. The van der Waals surface area contributed by atoms with E-state index in [1.54, 1.807) is 0 Å². The summed E-state index contributed by atoms with van der Waals surface area (Å²) < 4.78 is 36.6. The molecule has 3 nitrogen and oxygen atoms in total. The summed E-state index contributed by atoms with van der Waals surface area (Å²) in [7, 11) is 0. The van der Waals surface area contributed by atoms with Crippen molar-refractivity contribution in [2.45, 2.75) is 19.1 Å². The van der Waals surface area contributed by atoms with Crippen LogP contribution < -0.4 is 5.32 Å². The molecule has 2 rings (SSSR count). The van der Waals surface area contributed by atoms with Gasteiger partial charge in [-0.3, -0.25) is 0 Å². The second kappa shape index (κ2) is 3.20. The summed E-state index contributed by atoms with van der Waals surface area (Å²) in [6, 6.07) is 0. The standard InChI is InChI=1S/C8H7F3N3/c9-8(10,11)7-13-3-5-1-2-12-4-6(5)14-7/h3H,1-2,4H2. The van der Waals surface area contributed by atoms with Crippen LogP contribution in [0.5, 0.6) is 0 Å². The number of halogens is 3. The van der Waals surface area contributed by atoms with Crippen molar-refractivity contribution in [3.8, 4) is 0 Å². The summed E-state index contributed by atoms with van der Waals surface area (Å²) in [6.07, 6.45) is -2.58. The molecule has 1 aliphatic heterocycles. The number of aromatic nitrogens is 2. The lowest BCUT2D eigenvalue weighted by Crippen LogP contribution is -2.22. The summed E-state index contributed by atoms with van der Waals surface area (Å²) in [6.45, 7) is 0.905. The van der Waals surface area contributed by atoms with Crippen molar-refractivity contribution in [2.75, 3.05) is 6.54 Å². The maximum absolute atomic E-state index is 12.2. The highest BCUT2D eigenvalue weighted by atomic mass is 19.4. The highest BCUT2D eigenvalue weighted by Gasteiger charge is 2.35. The monoisotopic (exact) mass is 202 g/mol. The van der Waals surface area contributed by atoms with Crippen molar-refractivity contribution < 1.29 is 13.2 Å². The van der Waals surface area contributed by atoms with Crippen LogP contribution in [-0.4, -0.2) is 16.5 Å². The molecule has 14 heavy (non-hydrogen) atoms. The van der Waals surface area contributed by atoms with Crippen molar-refractivity contribution in [3.63, 3.8) is 0 Å². The van der Waals surface area contributed by atoms with Crippen LogP contribution in [0.25, 0.3) is 0 Å². The average molecular weight is 202 g/mol. The molecule has 0 bridgehead atoms. The molecule has 6 heteroatoms. The van der Waals surface area contributed by atoms with E-state index in [0.717, 1.165) is 5.56 Å². The smallest absolute Gasteiger partial charge is 0.235 e. The Labute approximate surface area is 78.4 Å². The zero-order chi connectivity index (χ0) is 10.2. The van der Waals surface area contributed by atoms with E-state index in [1.807, 2.05) is 0 Å². The van der Waals surface area contributed by atoms with E-state index in [4.69, 9.17) is 0 Å². The highest BCUT2D eigenvalue weighted by molar-refractivity contribution is 5.20. The first-order valence-electron chi connectivity index (χ1n) is 4.12. The van der Waals surface area contributed by atoms with E-state index in [1.165, 1.54) is 6.20 Å². The zero-order valence-corrected chi connectivity index (χ0v) is 7.17. The maximum atomic E-state index is 12.2. The molecule has 0 N–H and O–H groups in total. The number of alkyl halides is 3. The Kier molecular flexibility index (Phi) is 2.14. The summed E-state index contributed by atoms with van der Waals surface area (Å²) in [5.74, 6) is -1.08. The van der Waals surface area contributed by atoms with Gasteiger partial charge in [-0.2, -0.15) is 13.2 Å². The average Bonchev–Trinajstić information content (AvgIpc) is 2.16. The van der Waals surface area contributed by atoms with Gasteiger partial charge in [0.1, 0.15) is 0 Å². The van der Waals surface area contributed by atoms with E-state index in [-0.39, 0.29) is 6.54 Å². The minimum absolute atomic E-state index is 0.265. The number of hydrogen-bond acceptors (Lipinski definition) is 2. The first-order chi connectivity index (χ1) is 6.57. The van der Waals surface area contributed by atoms with Gasteiger partial charge >= 0.3 is 6.18 Å². The molecule has 0 saturated carbocycles. The van der Waals surface area contributed by atoms with Crippen LogP contribution in [0, 0.1) is 0 Å². The molecule has 1 aromatic rings. The van der Waals surface area contributed by atoms with Crippen LogP contribution in [-0.2, 0) is 19.1 Å². The molecule has 0 spiro atoms. The Hall–Kier alpha value is -1.17. The molecule has 1 aliphatic rings. The fraction of sp³-hybridized carbons (Fsp3) is 0.500. The number of fused-ring (bicyclic) bond motifs is 1. The van der Waals surface area contributed by atoms with Crippen LogP contribution in [0.2, 0.25) is 0 Å². The first kappa shape index (κ1) is 9.39. The highest BCUT2D eigenvalue weighted by Crippen LogP contribution is 2.26. The lowest BCUT2D eigenvalue weighted by Gasteiger charge is -2.15. The lowest BCUT2D eigenvalue weighted by molar-refractivity contribution is -0.145. The van der Waals surface area contributed by atoms with Gasteiger partial charge in [-0.15, -0.1) is 0 Å². The van der Waals surface area contributed by atoms with Crippen molar-refractivity contribution in [1.82, 2.24) is 15.3 Å². The molecular formula is C8H7F3N3.